The van der Waals surface area contributed by atoms with Gasteiger partial charge >= 0.3 is 12.3 Å². The molecule has 3 rings (SSSR count). The van der Waals surface area contributed by atoms with Crippen molar-refractivity contribution in [3.8, 4) is 16.9 Å². The lowest BCUT2D eigenvalue weighted by Gasteiger charge is -2.09. The van der Waals surface area contributed by atoms with Crippen molar-refractivity contribution in [2.45, 2.75) is 6.36 Å². The molecule has 0 aliphatic heterocycles. The van der Waals surface area contributed by atoms with Crippen LogP contribution in [-0.2, 0) is 0 Å². The summed E-state index contributed by atoms with van der Waals surface area (Å²) in [6.45, 7) is 0. The highest BCUT2D eigenvalue weighted by molar-refractivity contribution is 5.99. The predicted octanol–water partition coefficient (Wildman–Crippen LogP) is 3.32. The Hall–Kier alpha value is -3.42. The van der Waals surface area contributed by atoms with Gasteiger partial charge in [0.05, 0.1) is 6.20 Å². The van der Waals surface area contributed by atoms with Crippen LogP contribution in [0.25, 0.3) is 11.1 Å². The summed E-state index contributed by atoms with van der Waals surface area (Å²) in [4.78, 5) is 13.4. The van der Waals surface area contributed by atoms with E-state index in [1.54, 1.807) is 42.6 Å². The zero-order valence-electron chi connectivity index (χ0n) is 13.3. The Morgan fingerprint density at radius 1 is 0.962 bits per heavy atom. The number of nitrogens with zero attached hydrogens (tertiary/aromatic N) is 2. The molecule has 1 amide bonds. The van der Waals surface area contributed by atoms with Crippen molar-refractivity contribution in [2.24, 2.45) is 0 Å². The van der Waals surface area contributed by atoms with E-state index >= 15 is 0 Å². The number of nitrogens with one attached hydrogen (secondary N) is 1. The lowest BCUT2D eigenvalue weighted by atomic mass is 10.0. The Bertz CT molecular complexity index is 880. The summed E-state index contributed by atoms with van der Waals surface area (Å²) in [6.07, 6.45) is -1.59. The number of alkyl halides is 3. The van der Waals surface area contributed by atoms with Crippen molar-refractivity contribution >= 4 is 5.91 Å². The number of carbonyl (C=O) groups excluding carboxylic acids is 1. The smallest absolute Gasteiger partial charge is 0.406 e. The summed E-state index contributed by atoms with van der Waals surface area (Å²) < 4.78 is 40.4. The number of rotatable bonds is 4. The first kappa shape index (κ1) is 17.4. The number of hydrogen-bond acceptors (Lipinski definition) is 3. The Morgan fingerprint density at radius 3 is 2.12 bits per heavy atom. The van der Waals surface area contributed by atoms with Crippen LogP contribution in [0.4, 0.5) is 13.2 Å². The van der Waals surface area contributed by atoms with Gasteiger partial charge in [0.15, 0.2) is 0 Å². The molecule has 0 fully saturated rings. The maximum absolute atomic E-state index is 12.2. The van der Waals surface area contributed by atoms with Crippen LogP contribution in [0.3, 0.4) is 0 Å². The first-order valence-electron chi connectivity index (χ1n) is 7.51. The summed E-state index contributed by atoms with van der Waals surface area (Å²) in [5.41, 5.74) is 4.47. The van der Waals surface area contributed by atoms with Crippen molar-refractivity contribution in [2.75, 3.05) is 5.43 Å². The molecule has 1 N–H and O–H groups in total. The molecule has 0 bridgehead atoms. The van der Waals surface area contributed by atoms with E-state index in [1.807, 2.05) is 0 Å². The maximum atomic E-state index is 12.2. The summed E-state index contributed by atoms with van der Waals surface area (Å²) in [5, 5.41) is 3.94. The highest BCUT2D eigenvalue weighted by Crippen LogP contribution is 2.26. The zero-order chi connectivity index (χ0) is 18.6. The van der Waals surface area contributed by atoms with Crippen molar-refractivity contribution in [3.05, 3.63) is 78.6 Å². The summed E-state index contributed by atoms with van der Waals surface area (Å²) in [6, 6.07) is 15.6. The van der Waals surface area contributed by atoms with Gasteiger partial charge in [-0.15, -0.1) is 13.2 Å². The Morgan fingerprint density at radius 2 is 1.58 bits per heavy atom. The average Bonchev–Trinajstić information content (AvgIpc) is 2.62. The normalized spacial score (nSPS) is 11.0. The summed E-state index contributed by atoms with van der Waals surface area (Å²) in [5.74, 6) is -0.626. The monoisotopic (exact) mass is 360 g/mol. The molecule has 26 heavy (non-hydrogen) atoms. The zero-order valence-corrected chi connectivity index (χ0v) is 13.3. The van der Waals surface area contributed by atoms with Gasteiger partial charge in [-0.3, -0.25) is 4.79 Å². The van der Waals surface area contributed by atoms with E-state index in [-0.39, 0.29) is 11.7 Å². The number of halogens is 3. The summed E-state index contributed by atoms with van der Waals surface area (Å²) >= 11 is 0. The van der Waals surface area contributed by atoms with Gasteiger partial charge in [0, 0.05) is 21.5 Å². The fourth-order valence-electron chi connectivity index (χ4n) is 2.23. The molecule has 0 aliphatic rings. The van der Waals surface area contributed by atoms with E-state index in [2.05, 4.69) is 15.3 Å². The number of hydrogen-bond donors (Lipinski definition) is 1. The lowest BCUT2D eigenvalue weighted by Crippen LogP contribution is -2.50. The average molecular weight is 360 g/mol. The van der Waals surface area contributed by atoms with Gasteiger partial charge in [0.1, 0.15) is 5.75 Å². The Kier molecular flexibility index (Phi) is 4.83. The number of amides is 1. The van der Waals surface area contributed by atoms with Crippen molar-refractivity contribution in [1.29, 1.82) is 0 Å². The molecule has 1 aromatic heterocycles. The quantitative estimate of drug-likeness (QED) is 0.727. The standard InChI is InChI=1S/C18H12F3N3O2/c19-18(20,21)26-16-9-7-14(8-10-16)13-3-5-15(6-4-13)17(25)23-24-12-2-1-11-22-24/h1-12H/p+1. The topological polar surface area (TPSA) is 55.1 Å². The fraction of sp³-hybridized carbons (Fsp3) is 0.0556. The largest absolute Gasteiger partial charge is 0.573 e. The van der Waals surface area contributed by atoms with Gasteiger partial charge in [-0.2, -0.15) is 0 Å². The maximum Gasteiger partial charge on any atom is 0.573 e. The van der Waals surface area contributed by atoms with Crippen LogP contribution in [0.1, 0.15) is 10.4 Å². The van der Waals surface area contributed by atoms with Crippen molar-refractivity contribution in [3.63, 3.8) is 0 Å². The molecule has 2 aromatic carbocycles. The molecular formula is C18H13F3N3O2+. The molecule has 0 atom stereocenters. The molecule has 3 aromatic rings. The molecule has 8 heteroatoms. The van der Waals surface area contributed by atoms with Gasteiger partial charge in [0.2, 0.25) is 6.20 Å². The van der Waals surface area contributed by atoms with Crippen molar-refractivity contribution < 1.29 is 27.5 Å². The number of carbonyl (C=O) groups is 1. The third-order valence-corrected chi connectivity index (χ3v) is 3.40. The van der Waals surface area contributed by atoms with Crippen LogP contribution in [0.2, 0.25) is 0 Å². The molecule has 5 nitrogen and oxygen atoms in total. The molecule has 0 aliphatic carbocycles. The second kappa shape index (κ2) is 7.22. The van der Waals surface area contributed by atoms with E-state index in [0.717, 1.165) is 5.56 Å². The minimum atomic E-state index is -4.72. The molecule has 1 heterocycles. The first-order chi connectivity index (χ1) is 12.4. The third kappa shape index (κ3) is 4.56. The number of aromatic nitrogens is 2. The highest BCUT2D eigenvalue weighted by atomic mass is 19.4. The van der Waals surface area contributed by atoms with Gasteiger partial charge < -0.3 is 4.74 Å². The van der Waals surface area contributed by atoms with Crippen LogP contribution in [0.15, 0.2) is 73.1 Å². The van der Waals surface area contributed by atoms with E-state index in [1.165, 1.54) is 35.3 Å². The molecule has 132 valence electrons. The minimum absolute atomic E-state index is 0.287. The second-order valence-electron chi connectivity index (χ2n) is 5.23. The lowest BCUT2D eigenvalue weighted by molar-refractivity contribution is -0.702. The van der Waals surface area contributed by atoms with Crippen LogP contribution in [-0.4, -0.2) is 17.4 Å². The van der Waals surface area contributed by atoms with Crippen molar-refractivity contribution in [1.82, 2.24) is 5.10 Å². The third-order valence-electron chi connectivity index (χ3n) is 3.40. The molecular weight excluding hydrogens is 347 g/mol. The predicted molar refractivity (Wildman–Crippen MR) is 86.7 cm³/mol. The van der Waals surface area contributed by atoms with Crippen LogP contribution in [0.5, 0.6) is 5.75 Å². The number of ether oxygens (including phenoxy) is 1. The van der Waals surface area contributed by atoms with Gasteiger partial charge in [0.25, 0.3) is 0 Å². The van der Waals surface area contributed by atoms with Crippen LogP contribution in [0, 0.1) is 0 Å². The fourth-order valence-corrected chi connectivity index (χ4v) is 2.23. The Labute approximate surface area is 146 Å². The van der Waals surface area contributed by atoms with E-state index < -0.39 is 6.36 Å². The van der Waals surface area contributed by atoms with E-state index in [0.29, 0.717) is 11.1 Å². The first-order valence-corrected chi connectivity index (χ1v) is 7.51. The van der Waals surface area contributed by atoms with E-state index in [9.17, 15) is 18.0 Å². The van der Waals surface area contributed by atoms with E-state index in [4.69, 9.17) is 0 Å². The van der Waals surface area contributed by atoms with Crippen LogP contribution >= 0.6 is 0 Å². The molecule has 0 unspecified atom stereocenters. The molecule has 0 spiro atoms. The SMILES string of the molecule is O=C(N[n+]1ccccn1)c1ccc(-c2ccc(OC(F)(F)F)cc2)cc1. The molecule has 0 saturated carbocycles. The summed E-state index contributed by atoms with van der Waals surface area (Å²) in [7, 11) is 0. The van der Waals surface area contributed by atoms with Gasteiger partial charge in [-0.05, 0) is 41.5 Å². The van der Waals surface area contributed by atoms with Gasteiger partial charge in [-0.1, -0.05) is 29.7 Å². The molecule has 0 radical (unpaired) electrons. The van der Waals surface area contributed by atoms with Crippen LogP contribution < -0.4 is 15.0 Å². The highest BCUT2D eigenvalue weighted by Gasteiger charge is 2.30. The molecule has 0 saturated heterocycles. The Balaban J connectivity index is 1.70. The second-order valence-corrected chi connectivity index (χ2v) is 5.23. The number of benzene rings is 2. The van der Waals surface area contributed by atoms with Gasteiger partial charge in [-0.25, -0.2) is 0 Å². The minimum Gasteiger partial charge on any atom is -0.406 e.